The van der Waals surface area contributed by atoms with E-state index in [-0.39, 0.29) is 19.1 Å². The average molecular weight is 355 g/mol. The van der Waals surface area contributed by atoms with E-state index >= 15 is 0 Å². The van der Waals surface area contributed by atoms with Crippen LogP contribution >= 0.6 is 0 Å². The molecule has 1 amide bonds. The fourth-order valence-electron chi connectivity index (χ4n) is 3.21. The van der Waals surface area contributed by atoms with Gasteiger partial charge >= 0.3 is 0 Å². The molecule has 1 atom stereocenters. The second-order valence-electron chi connectivity index (χ2n) is 6.94. The number of likely N-dealkylation sites (tertiary alicyclic amines) is 1. The Morgan fingerprint density at radius 3 is 2.81 bits per heavy atom. The largest absolute Gasteiger partial charge is 0.491 e. The van der Waals surface area contributed by atoms with Gasteiger partial charge in [0.25, 0.3) is 5.91 Å². The molecule has 0 aromatic heterocycles. The number of rotatable bonds is 6. The zero-order valence-electron chi connectivity index (χ0n) is 15.3. The van der Waals surface area contributed by atoms with Crippen molar-refractivity contribution in [3.8, 4) is 5.75 Å². The molecule has 0 aliphatic carbocycles. The van der Waals surface area contributed by atoms with Gasteiger partial charge in [-0.15, -0.1) is 0 Å². The summed E-state index contributed by atoms with van der Waals surface area (Å²) in [5.41, 5.74) is 1.65. The van der Waals surface area contributed by atoms with Gasteiger partial charge in [-0.1, -0.05) is 24.3 Å². The molecule has 1 heterocycles. The summed E-state index contributed by atoms with van der Waals surface area (Å²) in [7, 11) is 1.63. The van der Waals surface area contributed by atoms with Crippen LogP contribution in [0.2, 0.25) is 0 Å². The molecule has 3 rings (SSSR count). The number of β-amino-alcohol motifs (C(OH)–C–C–N with tert-alkyl or cyclic N) is 1. The minimum absolute atomic E-state index is 0.0746. The number of carbonyl (C=O) groups excluding carboxylic acids is 1. The van der Waals surface area contributed by atoms with Gasteiger partial charge < -0.3 is 19.5 Å². The maximum absolute atomic E-state index is 12.7. The highest BCUT2D eigenvalue weighted by atomic mass is 16.5. The van der Waals surface area contributed by atoms with E-state index < -0.39 is 5.60 Å². The van der Waals surface area contributed by atoms with Crippen LogP contribution in [0.15, 0.2) is 48.5 Å². The van der Waals surface area contributed by atoms with Crippen LogP contribution in [0.1, 0.15) is 27.9 Å². The number of aliphatic hydroxyl groups is 1. The van der Waals surface area contributed by atoms with Crippen molar-refractivity contribution in [1.82, 2.24) is 4.90 Å². The first-order valence-electron chi connectivity index (χ1n) is 8.78. The molecule has 1 aliphatic heterocycles. The molecule has 0 saturated carbocycles. The fourth-order valence-corrected chi connectivity index (χ4v) is 3.21. The number of methoxy groups -OCH3 is 1. The van der Waals surface area contributed by atoms with Crippen LogP contribution in [0.25, 0.3) is 0 Å². The maximum atomic E-state index is 12.7. The lowest BCUT2D eigenvalue weighted by molar-refractivity contribution is 0.00429. The number of hydrogen-bond acceptors (Lipinski definition) is 4. The Morgan fingerprint density at radius 2 is 2.04 bits per heavy atom. The molecule has 0 radical (unpaired) electrons. The van der Waals surface area contributed by atoms with E-state index in [0.717, 1.165) is 16.9 Å². The molecule has 1 unspecified atom stereocenters. The summed E-state index contributed by atoms with van der Waals surface area (Å²) in [6.07, 6.45) is 0.502. The number of nitrogens with zero attached hydrogens (tertiary/aromatic N) is 1. The van der Waals surface area contributed by atoms with Gasteiger partial charge in [-0.25, -0.2) is 0 Å². The lowest BCUT2D eigenvalue weighted by Crippen LogP contribution is -2.40. The second kappa shape index (κ2) is 7.89. The Hall–Kier alpha value is -2.37. The molecule has 5 heteroatoms. The summed E-state index contributed by atoms with van der Waals surface area (Å²) in [5.74, 6) is 0.657. The molecule has 1 saturated heterocycles. The number of carbonyl (C=O) groups is 1. The minimum atomic E-state index is -1.02. The van der Waals surface area contributed by atoms with Gasteiger partial charge in [0.1, 0.15) is 18.0 Å². The van der Waals surface area contributed by atoms with E-state index in [9.17, 15) is 9.90 Å². The Balaban J connectivity index is 1.61. The normalized spacial score (nSPS) is 19.6. The zero-order chi connectivity index (χ0) is 18.6. The monoisotopic (exact) mass is 355 g/mol. The van der Waals surface area contributed by atoms with Crippen molar-refractivity contribution >= 4 is 5.91 Å². The molecular weight excluding hydrogens is 330 g/mol. The Kier molecular flexibility index (Phi) is 5.59. The van der Waals surface area contributed by atoms with Crippen LogP contribution in [0.4, 0.5) is 0 Å². The summed E-state index contributed by atoms with van der Waals surface area (Å²) in [6.45, 7) is 3.42. The van der Waals surface area contributed by atoms with E-state index in [4.69, 9.17) is 9.47 Å². The predicted molar refractivity (Wildman–Crippen MR) is 99.3 cm³/mol. The topological polar surface area (TPSA) is 59.0 Å². The van der Waals surface area contributed by atoms with Crippen LogP contribution in [-0.2, 0) is 11.3 Å². The number of aryl methyl sites for hydroxylation is 1. The number of benzene rings is 2. The molecule has 2 aromatic carbocycles. The van der Waals surface area contributed by atoms with Crippen molar-refractivity contribution in [1.29, 1.82) is 0 Å². The molecule has 1 N–H and O–H groups in total. The first-order valence-corrected chi connectivity index (χ1v) is 8.78. The zero-order valence-corrected chi connectivity index (χ0v) is 15.3. The lowest BCUT2D eigenvalue weighted by atomic mass is 10.1. The van der Waals surface area contributed by atoms with E-state index in [1.807, 2.05) is 49.4 Å². The van der Waals surface area contributed by atoms with Crippen molar-refractivity contribution in [3.05, 3.63) is 65.2 Å². The summed E-state index contributed by atoms with van der Waals surface area (Å²) in [6, 6.07) is 15.1. The first kappa shape index (κ1) is 18.4. The molecule has 138 valence electrons. The molecule has 26 heavy (non-hydrogen) atoms. The average Bonchev–Trinajstić information content (AvgIpc) is 3.03. The van der Waals surface area contributed by atoms with Crippen LogP contribution in [0.3, 0.4) is 0 Å². The fraction of sp³-hybridized carbons (Fsp3) is 0.381. The van der Waals surface area contributed by atoms with Gasteiger partial charge in [-0.2, -0.15) is 0 Å². The van der Waals surface area contributed by atoms with Crippen LogP contribution in [0, 0.1) is 6.92 Å². The number of hydrogen-bond donors (Lipinski definition) is 1. The van der Waals surface area contributed by atoms with Crippen LogP contribution < -0.4 is 4.74 Å². The van der Waals surface area contributed by atoms with Crippen molar-refractivity contribution in [3.63, 3.8) is 0 Å². The number of amides is 1. The Labute approximate surface area is 154 Å². The molecular formula is C21H25NO4. The van der Waals surface area contributed by atoms with Gasteiger partial charge in [-0.05, 0) is 48.7 Å². The Morgan fingerprint density at radius 1 is 1.23 bits per heavy atom. The second-order valence-corrected chi connectivity index (χ2v) is 6.94. The minimum Gasteiger partial charge on any atom is -0.491 e. The van der Waals surface area contributed by atoms with Gasteiger partial charge in [0.05, 0.1) is 13.2 Å². The molecule has 0 spiro atoms. The van der Waals surface area contributed by atoms with E-state index in [1.54, 1.807) is 18.1 Å². The maximum Gasteiger partial charge on any atom is 0.253 e. The first-order chi connectivity index (χ1) is 12.5. The van der Waals surface area contributed by atoms with E-state index in [2.05, 4.69) is 0 Å². The molecule has 2 aromatic rings. The van der Waals surface area contributed by atoms with Crippen molar-refractivity contribution < 1.29 is 19.4 Å². The smallest absolute Gasteiger partial charge is 0.253 e. The van der Waals surface area contributed by atoms with Crippen molar-refractivity contribution in [2.24, 2.45) is 0 Å². The SMILES string of the molecule is COCc1cccc(C(=O)N2CCC(O)(COc3cccc(C)c3)C2)c1. The molecule has 5 nitrogen and oxygen atoms in total. The standard InChI is InChI=1S/C21H25NO4/c1-16-5-3-8-19(11-16)26-15-21(24)9-10-22(14-21)20(23)18-7-4-6-17(12-18)13-25-2/h3-8,11-12,24H,9-10,13-15H2,1-2H3. The predicted octanol–water partition coefficient (Wildman–Crippen LogP) is 2.80. The third-order valence-corrected chi connectivity index (χ3v) is 4.60. The Bertz CT molecular complexity index is 776. The third kappa shape index (κ3) is 4.42. The molecule has 1 aliphatic rings. The van der Waals surface area contributed by atoms with E-state index in [0.29, 0.717) is 25.1 Å². The summed E-state index contributed by atoms with van der Waals surface area (Å²) in [4.78, 5) is 14.4. The summed E-state index contributed by atoms with van der Waals surface area (Å²) >= 11 is 0. The molecule has 1 fully saturated rings. The highest BCUT2D eigenvalue weighted by Gasteiger charge is 2.39. The van der Waals surface area contributed by atoms with Crippen molar-refractivity contribution in [2.75, 3.05) is 26.8 Å². The van der Waals surface area contributed by atoms with Gasteiger partial charge in [-0.3, -0.25) is 4.79 Å². The third-order valence-electron chi connectivity index (χ3n) is 4.60. The highest BCUT2D eigenvalue weighted by molar-refractivity contribution is 5.94. The van der Waals surface area contributed by atoms with Crippen molar-refractivity contribution in [2.45, 2.75) is 25.6 Å². The van der Waals surface area contributed by atoms with E-state index in [1.165, 1.54) is 0 Å². The van der Waals surface area contributed by atoms with Gasteiger partial charge in [0, 0.05) is 19.2 Å². The van der Waals surface area contributed by atoms with Gasteiger partial charge in [0.2, 0.25) is 0 Å². The van der Waals surface area contributed by atoms with Gasteiger partial charge in [0.15, 0.2) is 0 Å². The molecule has 0 bridgehead atoms. The van der Waals surface area contributed by atoms with Crippen LogP contribution in [0.5, 0.6) is 5.75 Å². The number of ether oxygens (including phenoxy) is 2. The van der Waals surface area contributed by atoms with Crippen LogP contribution in [-0.4, -0.2) is 48.3 Å². The lowest BCUT2D eigenvalue weighted by Gasteiger charge is -2.24. The summed E-state index contributed by atoms with van der Waals surface area (Å²) < 4.78 is 10.9. The highest BCUT2D eigenvalue weighted by Crippen LogP contribution is 2.25. The summed E-state index contributed by atoms with van der Waals surface area (Å²) in [5, 5.41) is 10.8. The quantitative estimate of drug-likeness (QED) is 0.866.